The van der Waals surface area contributed by atoms with Crippen molar-refractivity contribution in [1.82, 2.24) is 10.3 Å². The maximum Gasteiger partial charge on any atom is 0.285 e. The Bertz CT molecular complexity index is 527. The Morgan fingerprint density at radius 3 is 2.47 bits per heavy atom. The first-order valence-electron chi connectivity index (χ1n) is 6.14. The van der Waals surface area contributed by atoms with E-state index < -0.39 is 12.5 Å². The zero-order valence-corrected chi connectivity index (χ0v) is 10.7. The Hall–Kier alpha value is -1.81. The van der Waals surface area contributed by atoms with E-state index >= 15 is 0 Å². The minimum atomic E-state index is -2.87. The molecule has 0 amide bonds. The van der Waals surface area contributed by atoms with Crippen LogP contribution in [0, 0.1) is 6.92 Å². The number of rotatable bonds is 5. The van der Waals surface area contributed by atoms with Crippen LogP contribution in [0.4, 0.5) is 8.78 Å². The highest BCUT2D eigenvalue weighted by Gasteiger charge is 2.30. The molecule has 0 bridgehead atoms. The van der Waals surface area contributed by atoms with Crippen molar-refractivity contribution in [3.8, 4) is 0 Å². The Labute approximate surface area is 111 Å². The Kier molecular flexibility index (Phi) is 4.22. The van der Waals surface area contributed by atoms with Gasteiger partial charge in [0.05, 0.1) is 12.2 Å². The summed E-state index contributed by atoms with van der Waals surface area (Å²) in [5.74, 6) is -2.87. The van der Waals surface area contributed by atoms with Gasteiger partial charge in [-0.05, 0) is 19.1 Å². The number of nitrogens with one attached hydrogen (secondary N) is 1. The molecule has 0 saturated heterocycles. The number of aryl methyl sites for hydroxylation is 1. The molecule has 2 aromatic rings. The van der Waals surface area contributed by atoms with Gasteiger partial charge in [-0.2, -0.15) is 8.78 Å². The molecule has 0 aliphatic rings. The molecular formula is C15H16F2N2. The Morgan fingerprint density at radius 1 is 1.05 bits per heavy atom. The molecule has 1 N–H and O–H groups in total. The lowest BCUT2D eigenvalue weighted by atomic mass is 10.1. The number of nitrogens with zero attached hydrogens (tertiary/aromatic N) is 1. The highest BCUT2D eigenvalue weighted by molar-refractivity contribution is 5.20. The molecule has 2 nitrogen and oxygen atoms in total. The summed E-state index contributed by atoms with van der Waals surface area (Å²) in [6.07, 6.45) is 0. The fourth-order valence-corrected chi connectivity index (χ4v) is 1.83. The second-order valence-electron chi connectivity index (χ2n) is 4.44. The Balaban J connectivity index is 1.92. The van der Waals surface area contributed by atoms with E-state index in [1.54, 1.807) is 18.2 Å². The predicted octanol–water partition coefficient (Wildman–Crippen LogP) is 3.27. The van der Waals surface area contributed by atoms with Gasteiger partial charge in [0.15, 0.2) is 0 Å². The maximum atomic E-state index is 13.9. The van der Waals surface area contributed by atoms with Crippen molar-refractivity contribution >= 4 is 0 Å². The number of hydrogen-bond donors (Lipinski definition) is 1. The van der Waals surface area contributed by atoms with E-state index in [1.165, 1.54) is 12.1 Å². The van der Waals surface area contributed by atoms with Crippen LogP contribution in [0.5, 0.6) is 0 Å². The molecule has 0 unspecified atom stereocenters. The summed E-state index contributed by atoms with van der Waals surface area (Å²) in [6.45, 7) is 1.82. The monoisotopic (exact) mass is 262 g/mol. The van der Waals surface area contributed by atoms with Gasteiger partial charge >= 0.3 is 0 Å². The van der Waals surface area contributed by atoms with Gasteiger partial charge in [0.2, 0.25) is 0 Å². The molecule has 1 heterocycles. The lowest BCUT2D eigenvalue weighted by molar-refractivity contribution is -0.00349. The molecule has 0 aliphatic carbocycles. The fraction of sp³-hybridized carbons (Fsp3) is 0.267. The number of halogens is 2. The average Bonchev–Trinajstić information content (AvgIpc) is 2.40. The third-order valence-corrected chi connectivity index (χ3v) is 2.80. The molecule has 1 aromatic heterocycles. The van der Waals surface area contributed by atoms with E-state index in [0.717, 1.165) is 11.4 Å². The molecular weight excluding hydrogens is 246 g/mol. The molecule has 0 atom stereocenters. The van der Waals surface area contributed by atoms with Gasteiger partial charge in [-0.1, -0.05) is 36.4 Å². The van der Waals surface area contributed by atoms with Crippen molar-refractivity contribution in [1.29, 1.82) is 0 Å². The molecule has 2 rings (SSSR count). The Morgan fingerprint density at radius 2 is 1.79 bits per heavy atom. The zero-order valence-electron chi connectivity index (χ0n) is 10.7. The summed E-state index contributed by atoms with van der Waals surface area (Å²) >= 11 is 0. The van der Waals surface area contributed by atoms with Crippen molar-refractivity contribution in [2.75, 3.05) is 6.54 Å². The minimum Gasteiger partial charge on any atom is -0.305 e. The molecule has 0 saturated carbocycles. The molecule has 4 heteroatoms. The second-order valence-corrected chi connectivity index (χ2v) is 4.44. The molecule has 0 radical (unpaired) electrons. The SMILES string of the molecule is Cc1cccc(CNCC(F)(F)c2ccccc2)n1. The van der Waals surface area contributed by atoms with Crippen molar-refractivity contribution in [2.24, 2.45) is 0 Å². The lowest BCUT2D eigenvalue weighted by Crippen LogP contribution is -2.30. The smallest absolute Gasteiger partial charge is 0.285 e. The van der Waals surface area contributed by atoms with Crippen LogP contribution in [0.3, 0.4) is 0 Å². The van der Waals surface area contributed by atoms with Crippen molar-refractivity contribution in [2.45, 2.75) is 19.4 Å². The largest absolute Gasteiger partial charge is 0.305 e. The molecule has 0 spiro atoms. The summed E-state index contributed by atoms with van der Waals surface area (Å²) in [6, 6.07) is 13.4. The van der Waals surface area contributed by atoms with Crippen molar-refractivity contribution in [3.63, 3.8) is 0 Å². The zero-order chi connectivity index (χ0) is 13.7. The quantitative estimate of drug-likeness (QED) is 0.894. The fourth-order valence-electron chi connectivity index (χ4n) is 1.83. The molecule has 1 aromatic carbocycles. The number of aromatic nitrogens is 1. The summed E-state index contributed by atoms with van der Waals surface area (Å²) < 4.78 is 27.7. The first-order chi connectivity index (χ1) is 9.08. The minimum absolute atomic E-state index is 0.0275. The highest BCUT2D eigenvalue weighted by Crippen LogP contribution is 2.26. The van der Waals surface area contributed by atoms with Crippen LogP contribution in [0.1, 0.15) is 17.0 Å². The summed E-state index contributed by atoms with van der Waals surface area (Å²) in [4.78, 5) is 4.26. The first-order valence-corrected chi connectivity index (χ1v) is 6.14. The van der Waals surface area contributed by atoms with E-state index in [9.17, 15) is 8.78 Å². The van der Waals surface area contributed by atoms with E-state index in [-0.39, 0.29) is 5.56 Å². The van der Waals surface area contributed by atoms with E-state index in [1.807, 2.05) is 25.1 Å². The van der Waals surface area contributed by atoms with Crippen LogP contribution in [0.25, 0.3) is 0 Å². The van der Waals surface area contributed by atoms with Crippen LogP contribution >= 0.6 is 0 Å². The van der Waals surface area contributed by atoms with E-state index in [4.69, 9.17) is 0 Å². The van der Waals surface area contributed by atoms with Crippen LogP contribution < -0.4 is 5.32 Å². The summed E-state index contributed by atoms with van der Waals surface area (Å²) in [5.41, 5.74) is 1.68. The molecule has 19 heavy (non-hydrogen) atoms. The van der Waals surface area contributed by atoms with Gasteiger partial charge < -0.3 is 5.32 Å². The maximum absolute atomic E-state index is 13.9. The second kappa shape index (κ2) is 5.89. The summed E-state index contributed by atoms with van der Waals surface area (Å²) in [5, 5.41) is 2.76. The lowest BCUT2D eigenvalue weighted by Gasteiger charge is -2.17. The van der Waals surface area contributed by atoms with Crippen molar-refractivity contribution < 1.29 is 8.78 Å². The normalized spacial score (nSPS) is 11.5. The summed E-state index contributed by atoms with van der Waals surface area (Å²) in [7, 11) is 0. The number of pyridine rings is 1. The van der Waals surface area contributed by atoms with Gasteiger partial charge in [0.25, 0.3) is 5.92 Å². The standard InChI is InChI=1S/C15H16F2N2/c1-12-6-5-9-14(19-12)10-18-11-15(16,17)13-7-3-2-4-8-13/h2-9,18H,10-11H2,1H3. The topological polar surface area (TPSA) is 24.9 Å². The van der Waals surface area contributed by atoms with Crippen LogP contribution in [0.15, 0.2) is 48.5 Å². The first kappa shape index (κ1) is 13.6. The van der Waals surface area contributed by atoms with Gasteiger partial charge in [-0.25, -0.2) is 0 Å². The third kappa shape index (κ3) is 3.83. The van der Waals surface area contributed by atoms with Crippen LogP contribution in [-0.4, -0.2) is 11.5 Å². The molecule has 0 fully saturated rings. The van der Waals surface area contributed by atoms with Crippen molar-refractivity contribution in [3.05, 3.63) is 65.5 Å². The number of alkyl halides is 2. The molecule has 100 valence electrons. The van der Waals surface area contributed by atoms with Gasteiger partial charge in [-0.15, -0.1) is 0 Å². The number of benzene rings is 1. The molecule has 0 aliphatic heterocycles. The number of hydrogen-bond acceptors (Lipinski definition) is 2. The highest BCUT2D eigenvalue weighted by atomic mass is 19.3. The van der Waals surface area contributed by atoms with E-state index in [2.05, 4.69) is 10.3 Å². The van der Waals surface area contributed by atoms with Crippen LogP contribution in [0.2, 0.25) is 0 Å². The third-order valence-electron chi connectivity index (χ3n) is 2.80. The average molecular weight is 262 g/mol. The van der Waals surface area contributed by atoms with Crippen LogP contribution in [-0.2, 0) is 12.5 Å². The predicted molar refractivity (Wildman–Crippen MR) is 71.0 cm³/mol. The van der Waals surface area contributed by atoms with E-state index in [0.29, 0.717) is 6.54 Å². The van der Waals surface area contributed by atoms with Gasteiger partial charge in [0, 0.05) is 17.8 Å². The van der Waals surface area contributed by atoms with Gasteiger partial charge in [-0.3, -0.25) is 4.98 Å². The van der Waals surface area contributed by atoms with Gasteiger partial charge in [0.1, 0.15) is 0 Å².